The van der Waals surface area contributed by atoms with Gasteiger partial charge in [-0.3, -0.25) is 0 Å². The molecule has 3 rings (SSSR count). The molecular formula is C16H18Br2N2O3S2. The Balaban J connectivity index is 1.67. The van der Waals surface area contributed by atoms with Crippen molar-refractivity contribution in [1.29, 1.82) is 0 Å². The van der Waals surface area contributed by atoms with Crippen LogP contribution in [0, 0.1) is 0 Å². The molecule has 0 saturated carbocycles. The zero-order valence-corrected chi connectivity index (χ0v) is 18.4. The molecular weight excluding hydrogens is 492 g/mol. The summed E-state index contributed by atoms with van der Waals surface area (Å²) >= 11 is 7.94. The van der Waals surface area contributed by atoms with Gasteiger partial charge in [0.2, 0.25) is 0 Å². The Morgan fingerprint density at radius 2 is 1.76 bits per heavy atom. The molecule has 0 atom stereocenters. The van der Waals surface area contributed by atoms with E-state index in [4.69, 9.17) is 4.74 Å². The first-order chi connectivity index (χ1) is 11.9. The van der Waals surface area contributed by atoms with Gasteiger partial charge in [-0.15, -0.1) is 11.3 Å². The normalized spacial score (nSPS) is 16.2. The monoisotopic (exact) mass is 508 g/mol. The van der Waals surface area contributed by atoms with Crippen molar-refractivity contribution in [2.75, 3.05) is 37.7 Å². The maximum absolute atomic E-state index is 12.8. The zero-order valence-electron chi connectivity index (χ0n) is 13.6. The van der Waals surface area contributed by atoms with Gasteiger partial charge in [-0.05, 0) is 69.1 Å². The third-order valence-electron chi connectivity index (χ3n) is 3.97. The highest BCUT2D eigenvalue weighted by Crippen LogP contribution is 2.36. The van der Waals surface area contributed by atoms with Crippen LogP contribution in [0.25, 0.3) is 0 Å². The minimum Gasteiger partial charge on any atom is -0.494 e. The molecule has 1 fully saturated rings. The Kier molecular flexibility index (Phi) is 6.10. The Morgan fingerprint density at radius 1 is 1.12 bits per heavy atom. The van der Waals surface area contributed by atoms with Crippen molar-refractivity contribution in [3.8, 4) is 5.75 Å². The number of sulfonamides is 1. The van der Waals surface area contributed by atoms with Crippen molar-refractivity contribution in [2.45, 2.75) is 11.1 Å². The summed E-state index contributed by atoms with van der Waals surface area (Å²) in [6, 6.07) is 9.58. The van der Waals surface area contributed by atoms with Gasteiger partial charge in [0, 0.05) is 36.3 Å². The fourth-order valence-electron chi connectivity index (χ4n) is 2.69. The Morgan fingerprint density at radius 3 is 2.28 bits per heavy atom. The maximum atomic E-state index is 12.8. The molecule has 9 heteroatoms. The van der Waals surface area contributed by atoms with Crippen LogP contribution in [0.1, 0.15) is 6.92 Å². The molecule has 1 aromatic heterocycles. The maximum Gasteiger partial charge on any atom is 0.252 e. The Labute approximate surface area is 168 Å². The molecule has 1 aliphatic rings. The summed E-state index contributed by atoms with van der Waals surface area (Å²) in [6.07, 6.45) is 0. The lowest BCUT2D eigenvalue weighted by Gasteiger charge is -2.35. The van der Waals surface area contributed by atoms with E-state index >= 15 is 0 Å². The molecule has 0 bridgehead atoms. The lowest BCUT2D eigenvalue weighted by molar-refractivity contribution is 0.340. The van der Waals surface area contributed by atoms with Gasteiger partial charge in [-0.25, -0.2) is 8.42 Å². The van der Waals surface area contributed by atoms with Crippen molar-refractivity contribution >= 4 is 58.9 Å². The van der Waals surface area contributed by atoms with E-state index in [1.807, 2.05) is 31.2 Å². The van der Waals surface area contributed by atoms with Crippen LogP contribution in [0.4, 0.5) is 5.69 Å². The lowest BCUT2D eigenvalue weighted by atomic mass is 10.2. The van der Waals surface area contributed by atoms with Crippen molar-refractivity contribution < 1.29 is 13.2 Å². The molecule has 0 unspecified atom stereocenters. The number of halogens is 2. The van der Waals surface area contributed by atoms with Crippen LogP contribution >= 0.6 is 43.2 Å². The van der Waals surface area contributed by atoms with Crippen LogP contribution in [0.15, 0.2) is 42.8 Å². The molecule has 2 aromatic rings. The standard InChI is InChI=1S/C16H18Br2N2O3S2/c1-2-23-13-5-3-12(4-6-13)19-7-9-20(10-8-19)25(21,22)15-11-14(17)16(18)24-15/h3-6,11H,2,7-10H2,1H3. The molecule has 0 aliphatic carbocycles. The van der Waals surface area contributed by atoms with E-state index in [2.05, 4.69) is 36.8 Å². The summed E-state index contributed by atoms with van der Waals surface area (Å²) in [7, 11) is -3.44. The summed E-state index contributed by atoms with van der Waals surface area (Å²) in [4.78, 5) is 2.20. The number of rotatable bonds is 5. The number of hydrogen-bond acceptors (Lipinski definition) is 5. The fourth-order valence-corrected chi connectivity index (χ4v) is 7.08. The van der Waals surface area contributed by atoms with Crippen LogP contribution in [0.3, 0.4) is 0 Å². The van der Waals surface area contributed by atoms with Gasteiger partial charge in [0.15, 0.2) is 0 Å². The van der Waals surface area contributed by atoms with Crippen LogP contribution < -0.4 is 9.64 Å². The highest BCUT2D eigenvalue weighted by Gasteiger charge is 2.30. The summed E-state index contributed by atoms with van der Waals surface area (Å²) in [5, 5.41) is 0. The molecule has 25 heavy (non-hydrogen) atoms. The second-order valence-corrected chi connectivity index (χ2v) is 10.9. The summed E-state index contributed by atoms with van der Waals surface area (Å²) in [6.45, 7) is 4.89. The number of piperazine rings is 1. The number of anilines is 1. The smallest absolute Gasteiger partial charge is 0.252 e. The second kappa shape index (κ2) is 7.96. The summed E-state index contributed by atoms with van der Waals surface area (Å²) in [5.41, 5.74) is 1.09. The van der Waals surface area contributed by atoms with Crippen molar-refractivity contribution in [1.82, 2.24) is 4.31 Å². The minimum atomic E-state index is -3.44. The van der Waals surface area contributed by atoms with Crippen molar-refractivity contribution in [3.63, 3.8) is 0 Å². The van der Waals surface area contributed by atoms with Crippen LogP contribution in [-0.4, -0.2) is 45.5 Å². The summed E-state index contributed by atoms with van der Waals surface area (Å²) in [5.74, 6) is 0.848. The molecule has 1 saturated heterocycles. The topological polar surface area (TPSA) is 49.9 Å². The number of thiophene rings is 1. The second-order valence-electron chi connectivity index (χ2n) is 5.51. The molecule has 0 N–H and O–H groups in total. The third kappa shape index (κ3) is 4.21. The van der Waals surface area contributed by atoms with E-state index in [0.29, 0.717) is 37.0 Å². The number of ether oxygens (including phenoxy) is 1. The van der Waals surface area contributed by atoms with Gasteiger partial charge in [0.1, 0.15) is 9.96 Å². The first-order valence-corrected chi connectivity index (χ1v) is 11.7. The zero-order chi connectivity index (χ0) is 18.0. The van der Waals surface area contributed by atoms with Gasteiger partial charge in [0.25, 0.3) is 10.0 Å². The fraction of sp³-hybridized carbons (Fsp3) is 0.375. The average Bonchev–Trinajstić information content (AvgIpc) is 2.96. The van der Waals surface area contributed by atoms with E-state index in [1.165, 1.54) is 11.3 Å². The molecule has 5 nitrogen and oxygen atoms in total. The molecule has 2 heterocycles. The molecule has 0 spiro atoms. The largest absolute Gasteiger partial charge is 0.494 e. The van der Waals surface area contributed by atoms with Crippen LogP contribution in [0.2, 0.25) is 0 Å². The molecule has 1 aromatic carbocycles. The van der Waals surface area contributed by atoms with Crippen LogP contribution in [-0.2, 0) is 10.0 Å². The minimum absolute atomic E-state index is 0.362. The average molecular weight is 510 g/mol. The molecule has 1 aliphatic heterocycles. The number of benzene rings is 1. The van der Waals surface area contributed by atoms with Gasteiger partial charge < -0.3 is 9.64 Å². The van der Waals surface area contributed by atoms with E-state index in [1.54, 1.807) is 10.4 Å². The first kappa shape index (κ1) is 19.2. The Bertz CT molecular complexity index is 810. The van der Waals surface area contributed by atoms with Gasteiger partial charge >= 0.3 is 0 Å². The SMILES string of the molecule is CCOc1ccc(N2CCN(S(=O)(=O)c3cc(Br)c(Br)s3)CC2)cc1. The molecule has 136 valence electrons. The lowest BCUT2D eigenvalue weighted by Crippen LogP contribution is -2.48. The number of nitrogens with zero attached hydrogens (tertiary/aromatic N) is 2. The van der Waals surface area contributed by atoms with Crippen LogP contribution in [0.5, 0.6) is 5.75 Å². The van der Waals surface area contributed by atoms with E-state index in [0.717, 1.165) is 19.7 Å². The summed E-state index contributed by atoms with van der Waals surface area (Å²) < 4.78 is 34.5. The molecule has 0 amide bonds. The van der Waals surface area contributed by atoms with Gasteiger partial charge in [-0.2, -0.15) is 4.31 Å². The Hall–Kier alpha value is -0.610. The highest BCUT2D eigenvalue weighted by atomic mass is 79.9. The van der Waals surface area contributed by atoms with E-state index in [9.17, 15) is 8.42 Å². The predicted octanol–water partition coefficient (Wildman–Crippen LogP) is 4.18. The number of hydrogen-bond donors (Lipinski definition) is 0. The van der Waals surface area contributed by atoms with Gasteiger partial charge in [-0.1, -0.05) is 0 Å². The molecule has 0 radical (unpaired) electrons. The third-order valence-corrected chi connectivity index (χ3v) is 9.57. The van der Waals surface area contributed by atoms with Gasteiger partial charge in [0.05, 0.1) is 10.4 Å². The predicted molar refractivity (Wildman–Crippen MR) is 108 cm³/mol. The van der Waals surface area contributed by atoms with Crippen molar-refractivity contribution in [2.24, 2.45) is 0 Å². The first-order valence-electron chi connectivity index (χ1n) is 7.84. The van der Waals surface area contributed by atoms with E-state index < -0.39 is 10.0 Å². The van der Waals surface area contributed by atoms with E-state index in [-0.39, 0.29) is 0 Å². The highest BCUT2D eigenvalue weighted by molar-refractivity contribution is 9.13. The van der Waals surface area contributed by atoms with Crippen molar-refractivity contribution in [3.05, 3.63) is 38.6 Å². The quantitative estimate of drug-likeness (QED) is 0.606.